The third-order valence-corrected chi connectivity index (χ3v) is 3.42. The fourth-order valence-corrected chi connectivity index (χ4v) is 2.11. The van der Waals surface area contributed by atoms with Crippen LogP contribution in [0.5, 0.6) is 0 Å². The van der Waals surface area contributed by atoms with Crippen LogP contribution in [0.4, 0.5) is 0 Å². The van der Waals surface area contributed by atoms with Crippen LogP contribution in [0.15, 0.2) is 30.3 Å². The smallest absolute Gasteiger partial charge is 0.0646 e. The van der Waals surface area contributed by atoms with E-state index in [4.69, 9.17) is 4.74 Å². The summed E-state index contributed by atoms with van der Waals surface area (Å²) in [5.41, 5.74) is 1.58. The highest BCUT2D eigenvalue weighted by atomic mass is 16.5. The number of hydrogen-bond acceptors (Lipinski definition) is 2. The van der Waals surface area contributed by atoms with E-state index < -0.39 is 0 Å². The standard InChI is InChI=1S/C14H21NO/c1-12(13-6-4-3-5-7-13)10-15-14(2)8-9-16-11-14/h3-7,12,15H,8-11H2,1-2H3. The Morgan fingerprint density at radius 3 is 2.75 bits per heavy atom. The van der Waals surface area contributed by atoms with Gasteiger partial charge in [0.15, 0.2) is 0 Å². The third kappa shape index (κ3) is 2.83. The molecule has 2 nitrogen and oxygen atoms in total. The van der Waals surface area contributed by atoms with Crippen molar-refractivity contribution in [2.45, 2.75) is 31.7 Å². The van der Waals surface area contributed by atoms with Crippen LogP contribution < -0.4 is 5.32 Å². The molecular formula is C14H21NO. The van der Waals surface area contributed by atoms with Gasteiger partial charge in [0, 0.05) is 18.7 Å². The zero-order chi connectivity index (χ0) is 11.4. The average molecular weight is 219 g/mol. The molecule has 1 aromatic rings. The van der Waals surface area contributed by atoms with Crippen molar-refractivity contribution in [2.24, 2.45) is 0 Å². The number of hydrogen-bond donors (Lipinski definition) is 1. The maximum Gasteiger partial charge on any atom is 0.0646 e. The fourth-order valence-electron chi connectivity index (χ4n) is 2.11. The molecule has 1 aromatic carbocycles. The van der Waals surface area contributed by atoms with Gasteiger partial charge in [0.2, 0.25) is 0 Å². The van der Waals surface area contributed by atoms with Crippen molar-refractivity contribution in [3.8, 4) is 0 Å². The molecule has 0 bridgehead atoms. The summed E-state index contributed by atoms with van der Waals surface area (Å²) in [6.07, 6.45) is 1.12. The van der Waals surface area contributed by atoms with Gasteiger partial charge in [-0.15, -0.1) is 0 Å². The van der Waals surface area contributed by atoms with Crippen molar-refractivity contribution in [1.82, 2.24) is 5.32 Å². The first kappa shape index (κ1) is 11.6. The first-order valence-corrected chi connectivity index (χ1v) is 6.07. The van der Waals surface area contributed by atoms with Crippen LogP contribution in [-0.4, -0.2) is 25.3 Å². The summed E-state index contributed by atoms with van der Waals surface area (Å²) >= 11 is 0. The minimum Gasteiger partial charge on any atom is -0.379 e. The molecule has 1 aliphatic heterocycles. The Bertz CT molecular complexity index is 317. The SMILES string of the molecule is CC(CNC1(C)CCOC1)c1ccccc1. The second-order valence-electron chi connectivity index (χ2n) is 5.06. The van der Waals surface area contributed by atoms with Crippen molar-refractivity contribution in [1.29, 1.82) is 0 Å². The molecule has 2 heteroatoms. The van der Waals surface area contributed by atoms with Crippen molar-refractivity contribution in [3.05, 3.63) is 35.9 Å². The van der Waals surface area contributed by atoms with E-state index in [9.17, 15) is 0 Å². The molecule has 0 amide bonds. The minimum absolute atomic E-state index is 0.184. The molecular weight excluding hydrogens is 198 g/mol. The summed E-state index contributed by atoms with van der Waals surface area (Å²) in [5.74, 6) is 0.554. The van der Waals surface area contributed by atoms with Gasteiger partial charge in [0.1, 0.15) is 0 Å². The molecule has 0 saturated carbocycles. The Labute approximate surface area is 98.0 Å². The summed E-state index contributed by atoms with van der Waals surface area (Å²) in [4.78, 5) is 0. The summed E-state index contributed by atoms with van der Waals surface area (Å²) in [5, 5.41) is 3.63. The van der Waals surface area contributed by atoms with Gasteiger partial charge in [-0.25, -0.2) is 0 Å². The van der Waals surface area contributed by atoms with Crippen LogP contribution in [0, 0.1) is 0 Å². The van der Waals surface area contributed by atoms with Gasteiger partial charge in [-0.05, 0) is 24.8 Å². The van der Waals surface area contributed by atoms with Gasteiger partial charge in [0.05, 0.1) is 6.61 Å². The molecule has 88 valence electrons. The van der Waals surface area contributed by atoms with Crippen LogP contribution in [0.1, 0.15) is 31.7 Å². The Hall–Kier alpha value is -0.860. The predicted octanol–water partition coefficient (Wildman–Crippen LogP) is 2.56. The van der Waals surface area contributed by atoms with E-state index in [-0.39, 0.29) is 5.54 Å². The summed E-state index contributed by atoms with van der Waals surface area (Å²) in [6, 6.07) is 10.7. The summed E-state index contributed by atoms with van der Waals surface area (Å²) in [7, 11) is 0. The topological polar surface area (TPSA) is 21.3 Å². The van der Waals surface area contributed by atoms with Gasteiger partial charge < -0.3 is 10.1 Å². The molecule has 16 heavy (non-hydrogen) atoms. The van der Waals surface area contributed by atoms with Crippen molar-refractivity contribution in [2.75, 3.05) is 19.8 Å². The highest BCUT2D eigenvalue weighted by Crippen LogP contribution is 2.20. The van der Waals surface area contributed by atoms with E-state index in [1.54, 1.807) is 0 Å². The maximum absolute atomic E-state index is 5.44. The van der Waals surface area contributed by atoms with E-state index in [0.717, 1.165) is 26.2 Å². The normalized spacial score (nSPS) is 26.9. The van der Waals surface area contributed by atoms with Gasteiger partial charge in [-0.3, -0.25) is 0 Å². The van der Waals surface area contributed by atoms with Gasteiger partial charge in [-0.1, -0.05) is 37.3 Å². The molecule has 0 spiro atoms. The molecule has 2 atom stereocenters. The molecule has 0 aliphatic carbocycles. The lowest BCUT2D eigenvalue weighted by Crippen LogP contribution is -2.44. The van der Waals surface area contributed by atoms with E-state index >= 15 is 0 Å². The zero-order valence-corrected chi connectivity index (χ0v) is 10.2. The molecule has 2 unspecified atom stereocenters. The molecule has 0 aromatic heterocycles. The minimum atomic E-state index is 0.184. The second-order valence-corrected chi connectivity index (χ2v) is 5.06. The summed E-state index contributed by atoms with van der Waals surface area (Å²) < 4.78 is 5.44. The lowest BCUT2D eigenvalue weighted by Gasteiger charge is -2.26. The first-order valence-electron chi connectivity index (χ1n) is 6.07. The summed E-state index contributed by atoms with van der Waals surface area (Å²) in [6.45, 7) is 7.26. The van der Waals surface area contributed by atoms with Crippen LogP contribution >= 0.6 is 0 Å². The van der Waals surface area contributed by atoms with Crippen LogP contribution in [0.2, 0.25) is 0 Å². The highest BCUT2D eigenvalue weighted by molar-refractivity contribution is 5.19. The number of ether oxygens (including phenoxy) is 1. The fraction of sp³-hybridized carbons (Fsp3) is 0.571. The molecule has 1 saturated heterocycles. The zero-order valence-electron chi connectivity index (χ0n) is 10.2. The van der Waals surface area contributed by atoms with E-state index in [1.165, 1.54) is 5.56 Å². The van der Waals surface area contributed by atoms with Crippen LogP contribution in [0.25, 0.3) is 0 Å². The lowest BCUT2D eigenvalue weighted by atomic mass is 9.97. The van der Waals surface area contributed by atoms with Crippen LogP contribution in [-0.2, 0) is 4.74 Å². The van der Waals surface area contributed by atoms with Gasteiger partial charge in [0.25, 0.3) is 0 Å². The second kappa shape index (κ2) is 4.98. The van der Waals surface area contributed by atoms with Crippen molar-refractivity contribution < 1.29 is 4.74 Å². The van der Waals surface area contributed by atoms with Crippen molar-refractivity contribution >= 4 is 0 Å². The number of rotatable bonds is 4. The Morgan fingerprint density at radius 1 is 1.38 bits per heavy atom. The quantitative estimate of drug-likeness (QED) is 0.840. The Kier molecular flexibility index (Phi) is 3.62. The number of benzene rings is 1. The lowest BCUT2D eigenvalue weighted by molar-refractivity contribution is 0.171. The molecule has 0 radical (unpaired) electrons. The Balaban J connectivity index is 1.86. The molecule has 1 N–H and O–H groups in total. The largest absolute Gasteiger partial charge is 0.379 e. The predicted molar refractivity (Wildman–Crippen MR) is 66.7 cm³/mol. The van der Waals surface area contributed by atoms with Gasteiger partial charge >= 0.3 is 0 Å². The van der Waals surface area contributed by atoms with E-state index in [0.29, 0.717) is 5.92 Å². The first-order chi connectivity index (χ1) is 7.70. The van der Waals surface area contributed by atoms with E-state index in [1.807, 2.05) is 0 Å². The maximum atomic E-state index is 5.44. The number of nitrogens with one attached hydrogen (secondary N) is 1. The van der Waals surface area contributed by atoms with Crippen LogP contribution in [0.3, 0.4) is 0 Å². The average Bonchev–Trinajstić information content (AvgIpc) is 2.75. The molecule has 1 aliphatic rings. The van der Waals surface area contributed by atoms with Gasteiger partial charge in [-0.2, -0.15) is 0 Å². The molecule has 1 fully saturated rings. The Morgan fingerprint density at radius 2 is 2.12 bits per heavy atom. The van der Waals surface area contributed by atoms with Crippen molar-refractivity contribution in [3.63, 3.8) is 0 Å². The monoisotopic (exact) mass is 219 g/mol. The van der Waals surface area contributed by atoms with E-state index in [2.05, 4.69) is 49.5 Å². The molecule has 2 rings (SSSR count). The highest BCUT2D eigenvalue weighted by Gasteiger charge is 2.29. The third-order valence-electron chi connectivity index (χ3n) is 3.42. The molecule has 1 heterocycles.